The first-order chi connectivity index (χ1) is 17.7. The number of benzene rings is 1. The van der Waals surface area contributed by atoms with Crippen molar-refractivity contribution in [1.82, 2.24) is 30.1 Å². The molecule has 0 radical (unpaired) electrons. The Morgan fingerprint density at radius 3 is 2.83 bits per heavy atom. The van der Waals surface area contributed by atoms with Gasteiger partial charge in [0, 0.05) is 24.2 Å². The Kier molecular flexibility index (Phi) is 6.41. The SMILES string of the molecule is Cc1ccc2[nH]c(=O)c([C@H](c3nnnn3C3CCCC3)N(Cc3ccco3)C[C@@H]3CCCO3)cc2c1. The van der Waals surface area contributed by atoms with Crippen LogP contribution >= 0.6 is 0 Å². The van der Waals surface area contributed by atoms with E-state index in [4.69, 9.17) is 9.15 Å². The fraction of sp³-hybridized carbons (Fsp3) is 0.481. The molecule has 0 bridgehead atoms. The summed E-state index contributed by atoms with van der Waals surface area (Å²) in [7, 11) is 0. The van der Waals surface area contributed by atoms with Gasteiger partial charge in [-0.25, -0.2) is 4.68 Å². The Bertz CT molecular complexity index is 1370. The van der Waals surface area contributed by atoms with Crippen LogP contribution in [0.25, 0.3) is 10.9 Å². The number of aryl methyl sites for hydroxylation is 1. The van der Waals surface area contributed by atoms with Gasteiger partial charge in [0.15, 0.2) is 5.82 Å². The molecule has 36 heavy (non-hydrogen) atoms. The highest BCUT2D eigenvalue weighted by Gasteiger charge is 2.35. The van der Waals surface area contributed by atoms with Gasteiger partial charge in [0.2, 0.25) is 0 Å². The van der Waals surface area contributed by atoms with Gasteiger partial charge in [0.1, 0.15) is 11.8 Å². The van der Waals surface area contributed by atoms with Crippen LogP contribution in [0.1, 0.15) is 73.3 Å². The zero-order valence-corrected chi connectivity index (χ0v) is 20.6. The average molecular weight is 489 g/mol. The molecule has 0 spiro atoms. The highest BCUT2D eigenvalue weighted by Crippen LogP contribution is 2.35. The summed E-state index contributed by atoms with van der Waals surface area (Å²) in [5, 5.41) is 14.1. The van der Waals surface area contributed by atoms with Gasteiger partial charge in [-0.05, 0) is 78.8 Å². The van der Waals surface area contributed by atoms with E-state index in [0.29, 0.717) is 24.5 Å². The fourth-order valence-corrected chi connectivity index (χ4v) is 5.75. The molecule has 188 valence electrons. The molecule has 2 fully saturated rings. The average Bonchev–Trinajstić information content (AvgIpc) is 3.68. The zero-order valence-electron chi connectivity index (χ0n) is 20.6. The molecule has 4 aromatic rings. The largest absolute Gasteiger partial charge is 0.468 e. The van der Waals surface area contributed by atoms with Crippen molar-refractivity contribution >= 4 is 10.9 Å². The van der Waals surface area contributed by atoms with Crippen molar-refractivity contribution < 1.29 is 9.15 Å². The number of ether oxygens (including phenoxy) is 1. The van der Waals surface area contributed by atoms with Crippen LogP contribution in [0, 0.1) is 6.92 Å². The van der Waals surface area contributed by atoms with Gasteiger partial charge in [0.05, 0.1) is 25.0 Å². The van der Waals surface area contributed by atoms with E-state index in [0.717, 1.165) is 67.4 Å². The predicted octanol–water partition coefficient (Wildman–Crippen LogP) is 4.30. The van der Waals surface area contributed by atoms with E-state index in [9.17, 15) is 4.79 Å². The summed E-state index contributed by atoms with van der Waals surface area (Å²) in [5.41, 5.74) is 2.46. The van der Waals surface area contributed by atoms with E-state index in [2.05, 4.69) is 38.4 Å². The highest BCUT2D eigenvalue weighted by atomic mass is 16.5. The third kappa shape index (κ3) is 4.60. The molecule has 1 aliphatic heterocycles. The molecule has 1 aliphatic carbocycles. The summed E-state index contributed by atoms with van der Waals surface area (Å²) in [6.45, 7) is 3.98. The number of aromatic amines is 1. The minimum atomic E-state index is -0.455. The number of H-pyrrole nitrogens is 1. The van der Waals surface area contributed by atoms with E-state index < -0.39 is 6.04 Å². The number of tetrazole rings is 1. The lowest BCUT2D eigenvalue weighted by Crippen LogP contribution is -2.39. The van der Waals surface area contributed by atoms with Gasteiger partial charge in [-0.2, -0.15) is 0 Å². The maximum absolute atomic E-state index is 13.6. The summed E-state index contributed by atoms with van der Waals surface area (Å²) >= 11 is 0. The lowest BCUT2D eigenvalue weighted by molar-refractivity contribution is 0.0541. The van der Waals surface area contributed by atoms with Crippen molar-refractivity contribution in [2.75, 3.05) is 13.2 Å². The third-order valence-electron chi connectivity index (χ3n) is 7.52. The Morgan fingerprint density at radius 2 is 2.06 bits per heavy atom. The summed E-state index contributed by atoms with van der Waals surface area (Å²) in [6.07, 6.45) is 8.21. The monoisotopic (exact) mass is 488 g/mol. The van der Waals surface area contributed by atoms with Crippen LogP contribution in [0.2, 0.25) is 0 Å². The molecule has 0 unspecified atom stereocenters. The first-order valence-electron chi connectivity index (χ1n) is 12.9. The predicted molar refractivity (Wildman–Crippen MR) is 135 cm³/mol. The lowest BCUT2D eigenvalue weighted by Gasteiger charge is -2.32. The van der Waals surface area contributed by atoms with Gasteiger partial charge in [-0.1, -0.05) is 24.5 Å². The first kappa shape index (κ1) is 23.1. The van der Waals surface area contributed by atoms with Crippen molar-refractivity contribution in [3.8, 4) is 0 Å². The Labute approximate surface area is 209 Å². The van der Waals surface area contributed by atoms with Crippen molar-refractivity contribution in [1.29, 1.82) is 0 Å². The minimum absolute atomic E-state index is 0.0834. The molecule has 3 aromatic heterocycles. The standard InChI is InChI=1S/C27H32N6O3/c1-18-10-11-24-19(14-18)15-23(27(34)28-24)25(26-29-30-31-33(26)20-6-2-3-7-20)32(16-21-8-4-12-35-21)17-22-9-5-13-36-22/h4,8,10-12,14-15,20,22,25H,2-3,5-7,9,13,16-17H2,1H3,(H,28,34)/t22-,25+/m0/s1. The molecule has 9 nitrogen and oxygen atoms in total. The van der Waals surface area contributed by atoms with Gasteiger partial charge >= 0.3 is 0 Å². The Morgan fingerprint density at radius 1 is 1.17 bits per heavy atom. The molecule has 1 saturated heterocycles. The van der Waals surface area contributed by atoms with Gasteiger partial charge in [-0.15, -0.1) is 5.10 Å². The van der Waals surface area contributed by atoms with Crippen molar-refractivity contribution in [3.05, 3.63) is 75.7 Å². The van der Waals surface area contributed by atoms with E-state index in [-0.39, 0.29) is 17.7 Å². The maximum Gasteiger partial charge on any atom is 0.253 e. The summed E-state index contributed by atoms with van der Waals surface area (Å²) in [5.74, 6) is 1.52. The van der Waals surface area contributed by atoms with Crippen LogP contribution in [0.4, 0.5) is 0 Å². The second kappa shape index (κ2) is 9.99. The van der Waals surface area contributed by atoms with Crippen LogP contribution in [0.5, 0.6) is 0 Å². The second-order valence-corrected chi connectivity index (χ2v) is 10.1. The fourth-order valence-electron chi connectivity index (χ4n) is 5.75. The maximum atomic E-state index is 13.6. The molecular formula is C27H32N6O3. The normalized spacial score (nSPS) is 19.6. The first-order valence-corrected chi connectivity index (χ1v) is 12.9. The zero-order chi connectivity index (χ0) is 24.5. The number of nitrogens with one attached hydrogen (secondary N) is 1. The second-order valence-electron chi connectivity index (χ2n) is 10.1. The van der Waals surface area contributed by atoms with E-state index in [1.54, 1.807) is 6.26 Å². The Hall–Kier alpha value is -3.30. The Balaban J connectivity index is 1.50. The van der Waals surface area contributed by atoms with Crippen LogP contribution in [-0.4, -0.2) is 49.3 Å². The number of rotatable bonds is 8. The summed E-state index contributed by atoms with van der Waals surface area (Å²) in [6, 6.07) is 11.7. The van der Waals surface area contributed by atoms with Gasteiger partial charge in [0.25, 0.3) is 5.56 Å². The van der Waals surface area contributed by atoms with Crippen molar-refractivity contribution in [2.24, 2.45) is 0 Å². The molecule has 1 aromatic carbocycles. The molecular weight excluding hydrogens is 456 g/mol. The molecule has 0 amide bonds. The summed E-state index contributed by atoms with van der Waals surface area (Å²) < 4.78 is 13.7. The summed E-state index contributed by atoms with van der Waals surface area (Å²) in [4.78, 5) is 19.0. The van der Waals surface area contributed by atoms with Crippen LogP contribution < -0.4 is 5.56 Å². The van der Waals surface area contributed by atoms with Gasteiger partial charge < -0.3 is 14.1 Å². The number of aromatic nitrogens is 5. The smallest absolute Gasteiger partial charge is 0.253 e. The van der Waals surface area contributed by atoms with E-state index >= 15 is 0 Å². The third-order valence-corrected chi connectivity index (χ3v) is 7.52. The van der Waals surface area contributed by atoms with Crippen LogP contribution in [-0.2, 0) is 11.3 Å². The molecule has 2 aliphatic rings. The van der Waals surface area contributed by atoms with Gasteiger partial charge in [-0.3, -0.25) is 9.69 Å². The minimum Gasteiger partial charge on any atom is -0.468 e. The number of fused-ring (bicyclic) bond motifs is 1. The number of furan rings is 1. The molecule has 9 heteroatoms. The van der Waals surface area contributed by atoms with Crippen LogP contribution in [0.15, 0.2) is 51.9 Å². The van der Waals surface area contributed by atoms with Crippen molar-refractivity contribution in [2.45, 2.75) is 70.2 Å². The number of pyridine rings is 1. The highest BCUT2D eigenvalue weighted by molar-refractivity contribution is 5.79. The number of hydrogen-bond donors (Lipinski definition) is 1. The van der Waals surface area contributed by atoms with E-state index in [1.165, 1.54) is 0 Å². The number of hydrogen-bond acceptors (Lipinski definition) is 7. The topological polar surface area (TPSA) is 102 Å². The molecule has 1 N–H and O–H groups in total. The molecule has 2 atom stereocenters. The quantitative estimate of drug-likeness (QED) is 0.394. The lowest BCUT2D eigenvalue weighted by atomic mass is 10.0. The van der Waals surface area contributed by atoms with E-state index in [1.807, 2.05) is 35.0 Å². The van der Waals surface area contributed by atoms with Crippen LogP contribution in [0.3, 0.4) is 0 Å². The molecule has 4 heterocycles. The number of nitrogens with zero attached hydrogens (tertiary/aromatic N) is 5. The van der Waals surface area contributed by atoms with Crippen molar-refractivity contribution in [3.63, 3.8) is 0 Å². The molecule has 6 rings (SSSR count). The molecule has 1 saturated carbocycles.